The van der Waals surface area contributed by atoms with Crippen molar-refractivity contribution in [3.05, 3.63) is 58.4 Å². The Bertz CT molecular complexity index is 1250. The van der Waals surface area contributed by atoms with Crippen molar-refractivity contribution >= 4 is 32.4 Å². The maximum atomic E-state index is 13.0. The lowest BCUT2D eigenvalue weighted by Crippen LogP contribution is -2.39. The summed E-state index contributed by atoms with van der Waals surface area (Å²) in [4.78, 5) is 15.6. The summed E-state index contributed by atoms with van der Waals surface area (Å²) in [6, 6.07) is 11.9. The van der Waals surface area contributed by atoms with Crippen LogP contribution in [0, 0.1) is 23.0 Å². The van der Waals surface area contributed by atoms with Crippen LogP contribution in [0.1, 0.15) is 25.6 Å². The number of nitrogens with zero attached hydrogens (tertiary/aromatic N) is 4. The van der Waals surface area contributed by atoms with Crippen molar-refractivity contribution in [2.75, 3.05) is 25.0 Å². The first-order chi connectivity index (χ1) is 15.3. The number of hydrogen-bond donors (Lipinski definition) is 1. The van der Waals surface area contributed by atoms with Gasteiger partial charge in [0.1, 0.15) is 11.5 Å². The average Bonchev–Trinajstić information content (AvgIpc) is 3.09. The Hall–Kier alpha value is -2.98. The van der Waals surface area contributed by atoms with Gasteiger partial charge in [-0.2, -0.15) is 4.31 Å². The fourth-order valence-electron chi connectivity index (χ4n) is 4.27. The predicted octanol–water partition coefficient (Wildman–Crippen LogP) is 3.79. The molecular weight excluding hydrogens is 430 g/mol. The van der Waals surface area contributed by atoms with Crippen molar-refractivity contribution in [2.24, 2.45) is 5.92 Å². The number of sulfonamides is 1. The molecule has 1 aliphatic rings. The van der Waals surface area contributed by atoms with Crippen molar-refractivity contribution in [2.45, 2.75) is 38.1 Å². The Kier molecular flexibility index (Phi) is 6.16. The first kappa shape index (κ1) is 22.2. The largest absolute Gasteiger partial charge is 0.378 e. The monoisotopic (exact) mass is 457 g/mol. The van der Waals surface area contributed by atoms with Crippen molar-refractivity contribution < 1.29 is 13.3 Å². The Balaban J connectivity index is 1.53. The third-order valence-electron chi connectivity index (χ3n) is 5.92. The summed E-state index contributed by atoms with van der Waals surface area (Å²) in [5, 5.41) is 14.8. The molecule has 2 heterocycles. The summed E-state index contributed by atoms with van der Waals surface area (Å²) in [5.41, 5.74) is 1.95. The van der Waals surface area contributed by atoms with Crippen LogP contribution < -0.4 is 5.32 Å². The minimum atomic E-state index is -3.76. The minimum absolute atomic E-state index is 0.0414. The van der Waals surface area contributed by atoms with Crippen LogP contribution in [0.5, 0.6) is 0 Å². The van der Waals surface area contributed by atoms with Gasteiger partial charge in [0, 0.05) is 32.2 Å². The van der Waals surface area contributed by atoms with E-state index in [1.807, 2.05) is 42.7 Å². The van der Waals surface area contributed by atoms with Crippen LogP contribution in [0.25, 0.3) is 11.0 Å². The third-order valence-corrected chi connectivity index (χ3v) is 7.78. The smallest absolute Gasteiger partial charge is 0.293 e. The van der Waals surface area contributed by atoms with Gasteiger partial charge in [0.15, 0.2) is 0 Å². The van der Waals surface area contributed by atoms with Crippen LogP contribution in [-0.2, 0) is 16.6 Å². The normalized spacial score (nSPS) is 17.5. The van der Waals surface area contributed by atoms with Crippen molar-refractivity contribution in [3.8, 4) is 0 Å². The van der Waals surface area contributed by atoms with Gasteiger partial charge >= 0.3 is 0 Å². The topological polar surface area (TPSA) is 110 Å². The highest BCUT2D eigenvalue weighted by Crippen LogP contribution is 2.30. The molecule has 0 spiro atoms. The zero-order valence-electron chi connectivity index (χ0n) is 18.2. The van der Waals surface area contributed by atoms with E-state index in [1.54, 1.807) is 0 Å². The molecule has 2 aromatic carbocycles. The number of para-hydroxylation sites is 2. The maximum absolute atomic E-state index is 13.0. The number of nitrogens with one attached hydrogen (secondary N) is 1. The highest BCUT2D eigenvalue weighted by molar-refractivity contribution is 7.89. The van der Waals surface area contributed by atoms with E-state index in [9.17, 15) is 18.5 Å². The summed E-state index contributed by atoms with van der Waals surface area (Å²) < 4.78 is 29.5. The summed E-state index contributed by atoms with van der Waals surface area (Å²) in [6.07, 6.45) is 1.78. The van der Waals surface area contributed by atoms with Crippen LogP contribution >= 0.6 is 0 Å². The number of nitro benzene ring substituents is 1. The van der Waals surface area contributed by atoms with Crippen LogP contribution in [0.3, 0.4) is 0 Å². The highest BCUT2D eigenvalue weighted by Gasteiger charge is 2.30. The molecule has 0 amide bonds. The van der Waals surface area contributed by atoms with Crippen molar-refractivity contribution in [3.63, 3.8) is 0 Å². The second-order valence-corrected chi connectivity index (χ2v) is 10.2. The van der Waals surface area contributed by atoms with Crippen molar-refractivity contribution in [1.82, 2.24) is 13.9 Å². The van der Waals surface area contributed by atoms with Gasteiger partial charge in [-0.05, 0) is 49.9 Å². The Morgan fingerprint density at radius 3 is 2.78 bits per heavy atom. The molecule has 1 N–H and O–H groups in total. The number of aromatic nitrogens is 2. The SMILES string of the molecule is Cc1nc2ccccc2n1CCNc1ccc(S(=O)(=O)N2CCCC(C)C2)cc1[N+](=O)[O-]. The summed E-state index contributed by atoms with van der Waals surface area (Å²) in [6.45, 7) is 5.81. The Morgan fingerprint density at radius 2 is 2.03 bits per heavy atom. The molecule has 1 saturated heterocycles. The van der Waals surface area contributed by atoms with Gasteiger partial charge in [0.2, 0.25) is 10.0 Å². The van der Waals surface area contributed by atoms with E-state index >= 15 is 0 Å². The van der Waals surface area contributed by atoms with E-state index in [0.717, 1.165) is 35.8 Å². The number of fused-ring (bicyclic) bond motifs is 1. The zero-order valence-corrected chi connectivity index (χ0v) is 19.0. The van der Waals surface area contributed by atoms with Crippen LogP contribution in [-0.4, -0.2) is 46.8 Å². The average molecular weight is 458 g/mol. The van der Waals surface area contributed by atoms with Gasteiger partial charge in [-0.3, -0.25) is 10.1 Å². The predicted molar refractivity (Wildman–Crippen MR) is 123 cm³/mol. The Morgan fingerprint density at radius 1 is 1.25 bits per heavy atom. The van der Waals surface area contributed by atoms with E-state index in [2.05, 4.69) is 10.3 Å². The van der Waals surface area contributed by atoms with Crippen LogP contribution in [0.2, 0.25) is 0 Å². The molecule has 32 heavy (non-hydrogen) atoms. The van der Waals surface area contributed by atoms with Gasteiger partial charge in [-0.1, -0.05) is 19.1 Å². The molecule has 1 fully saturated rings. The molecule has 3 aromatic rings. The first-order valence-electron chi connectivity index (χ1n) is 10.7. The van der Waals surface area contributed by atoms with Crippen molar-refractivity contribution in [1.29, 1.82) is 0 Å². The molecule has 1 atom stereocenters. The number of nitro groups is 1. The molecule has 0 saturated carbocycles. The molecule has 10 heteroatoms. The maximum Gasteiger partial charge on any atom is 0.293 e. The lowest BCUT2D eigenvalue weighted by Gasteiger charge is -2.30. The molecule has 1 aromatic heterocycles. The molecular formula is C22H27N5O4S. The summed E-state index contributed by atoms with van der Waals surface area (Å²) in [5.74, 6) is 1.14. The lowest BCUT2D eigenvalue weighted by atomic mass is 10.0. The highest BCUT2D eigenvalue weighted by atomic mass is 32.2. The number of imidazole rings is 1. The number of benzene rings is 2. The summed E-state index contributed by atoms with van der Waals surface area (Å²) in [7, 11) is -3.76. The standard InChI is InChI=1S/C22H27N5O4S/c1-16-6-5-12-25(15-16)32(30,31)18-9-10-19(22(14-18)27(28)29)23-11-13-26-17(2)24-20-7-3-4-8-21(20)26/h3-4,7-10,14,16,23H,5-6,11-13,15H2,1-2H3. The van der Waals surface area contributed by atoms with E-state index in [0.29, 0.717) is 31.9 Å². The molecule has 0 radical (unpaired) electrons. The van der Waals surface area contributed by atoms with E-state index < -0.39 is 14.9 Å². The minimum Gasteiger partial charge on any atom is -0.378 e. The summed E-state index contributed by atoms with van der Waals surface area (Å²) >= 11 is 0. The number of hydrogen-bond acceptors (Lipinski definition) is 6. The fraction of sp³-hybridized carbons (Fsp3) is 0.409. The number of aryl methyl sites for hydroxylation is 1. The van der Waals surface area contributed by atoms with Crippen LogP contribution in [0.15, 0.2) is 47.4 Å². The first-order valence-corrected chi connectivity index (χ1v) is 12.2. The molecule has 170 valence electrons. The van der Waals surface area contributed by atoms with Crippen LogP contribution in [0.4, 0.5) is 11.4 Å². The number of anilines is 1. The molecule has 4 rings (SSSR count). The Labute approximate surface area is 187 Å². The van der Waals surface area contributed by atoms with E-state index in [-0.39, 0.29) is 16.5 Å². The zero-order chi connectivity index (χ0) is 22.9. The van der Waals surface area contributed by atoms with Gasteiger partial charge in [0.25, 0.3) is 5.69 Å². The van der Waals surface area contributed by atoms with Gasteiger partial charge in [-0.25, -0.2) is 13.4 Å². The van der Waals surface area contributed by atoms with E-state index in [4.69, 9.17) is 0 Å². The molecule has 0 bridgehead atoms. The molecule has 1 aliphatic heterocycles. The van der Waals surface area contributed by atoms with E-state index in [1.165, 1.54) is 16.4 Å². The third kappa shape index (κ3) is 4.33. The molecule has 1 unspecified atom stereocenters. The van der Waals surface area contributed by atoms with Gasteiger partial charge < -0.3 is 9.88 Å². The molecule has 0 aliphatic carbocycles. The lowest BCUT2D eigenvalue weighted by molar-refractivity contribution is -0.384. The second kappa shape index (κ2) is 8.87. The van der Waals surface area contributed by atoms with Gasteiger partial charge in [0.05, 0.1) is 20.9 Å². The number of rotatable bonds is 7. The second-order valence-electron chi connectivity index (χ2n) is 8.27. The van der Waals surface area contributed by atoms with Gasteiger partial charge in [-0.15, -0.1) is 0 Å². The fourth-order valence-corrected chi connectivity index (χ4v) is 5.89. The quantitative estimate of drug-likeness (QED) is 0.427. The number of piperidine rings is 1. The molecule has 9 nitrogen and oxygen atoms in total.